The molecule has 0 amide bonds. The Morgan fingerprint density at radius 3 is 2.90 bits per heavy atom. The third-order valence-electron chi connectivity index (χ3n) is 1.63. The van der Waals surface area contributed by atoms with Crippen LogP contribution >= 0.6 is 0 Å². The molecule has 2 heteroatoms. The summed E-state index contributed by atoms with van der Waals surface area (Å²) in [5.74, 6) is 0. The smallest absolute Gasteiger partial charge is 0.104 e. The van der Waals surface area contributed by atoms with Crippen LogP contribution in [0.2, 0.25) is 0 Å². The average Bonchev–Trinajstić information content (AvgIpc) is 2.64. The monoisotopic (exact) mass is 142 g/mol. The fourth-order valence-electron chi connectivity index (χ4n) is 0.558. The lowest BCUT2D eigenvalue weighted by Crippen LogP contribution is -2.12. The first-order valence-electron chi connectivity index (χ1n) is 3.58. The van der Waals surface area contributed by atoms with Crippen molar-refractivity contribution in [2.45, 2.75) is 26.1 Å². The normalized spacial score (nSPS) is 26.0. The van der Waals surface area contributed by atoms with Crippen molar-refractivity contribution in [3.63, 3.8) is 0 Å². The highest BCUT2D eigenvalue weighted by atomic mass is 16.6. The second kappa shape index (κ2) is 3.17. The zero-order valence-electron chi connectivity index (χ0n) is 6.59. The molecule has 2 nitrogen and oxygen atoms in total. The lowest BCUT2D eigenvalue weighted by molar-refractivity contribution is 0.0766. The van der Waals surface area contributed by atoms with Crippen molar-refractivity contribution in [1.29, 1.82) is 0 Å². The lowest BCUT2D eigenvalue weighted by Gasteiger charge is -2.10. The molecule has 2 unspecified atom stereocenters. The summed E-state index contributed by atoms with van der Waals surface area (Å²) in [6.45, 7) is 9.34. The van der Waals surface area contributed by atoms with Gasteiger partial charge in [-0.1, -0.05) is 12.2 Å². The van der Waals surface area contributed by atoms with Gasteiger partial charge in [0, 0.05) is 0 Å². The van der Waals surface area contributed by atoms with E-state index in [1.807, 2.05) is 13.8 Å². The quantitative estimate of drug-likeness (QED) is 0.437. The van der Waals surface area contributed by atoms with Crippen molar-refractivity contribution in [2.24, 2.45) is 0 Å². The van der Waals surface area contributed by atoms with Crippen molar-refractivity contribution < 1.29 is 9.47 Å². The SMILES string of the molecule is C=C(C)C(C)OCC1CO1. The van der Waals surface area contributed by atoms with E-state index in [1.54, 1.807) is 0 Å². The summed E-state index contributed by atoms with van der Waals surface area (Å²) in [7, 11) is 0. The fourth-order valence-corrected chi connectivity index (χ4v) is 0.558. The van der Waals surface area contributed by atoms with E-state index in [0.29, 0.717) is 12.7 Å². The van der Waals surface area contributed by atoms with Gasteiger partial charge in [0.15, 0.2) is 0 Å². The average molecular weight is 142 g/mol. The van der Waals surface area contributed by atoms with Crippen LogP contribution in [-0.2, 0) is 9.47 Å². The molecule has 0 aromatic heterocycles. The van der Waals surface area contributed by atoms with E-state index in [4.69, 9.17) is 9.47 Å². The van der Waals surface area contributed by atoms with Crippen LogP contribution in [0, 0.1) is 0 Å². The molecule has 1 aliphatic heterocycles. The first-order valence-corrected chi connectivity index (χ1v) is 3.58. The first-order chi connectivity index (χ1) is 4.70. The number of epoxide rings is 1. The molecular weight excluding hydrogens is 128 g/mol. The van der Waals surface area contributed by atoms with Gasteiger partial charge in [0.25, 0.3) is 0 Å². The zero-order valence-corrected chi connectivity index (χ0v) is 6.59. The maximum atomic E-state index is 5.40. The van der Waals surface area contributed by atoms with Crippen LogP contribution < -0.4 is 0 Å². The maximum absolute atomic E-state index is 5.40. The first kappa shape index (κ1) is 7.76. The minimum absolute atomic E-state index is 0.171. The summed E-state index contributed by atoms with van der Waals surface area (Å²) in [6, 6.07) is 0. The molecule has 0 aliphatic carbocycles. The van der Waals surface area contributed by atoms with Crippen molar-refractivity contribution in [1.82, 2.24) is 0 Å². The van der Waals surface area contributed by atoms with Gasteiger partial charge in [0.2, 0.25) is 0 Å². The molecular formula is C8H14O2. The molecule has 0 spiro atoms. The molecule has 1 heterocycles. The Balaban J connectivity index is 2.05. The van der Waals surface area contributed by atoms with Crippen molar-refractivity contribution in [3.05, 3.63) is 12.2 Å². The minimum Gasteiger partial charge on any atom is -0.371 e. The Labute approximate surface area is 61.8 Å². The Hall–Kier alpha value is -0.340. The number of ether oxygens (including phenoxy) is 2. The van der Waals surface area contributed by atoms with E-state index in [0.717, 1.165) is 12.2 Å². The van der Waals surface area contributed by atoms with Gasteiger partial charge >= 0.3 is 0 Å². The van der Waals surface area contributed by atoms with Crippen LogP contribution in [0.15, 0.2) is 12.2 Å². The summed E-state index contributed by atoms with van der Waals surface area (Å²) >= 11 is 0. The van der Waals surface area contributed by atoms with Gasteiger partial charge in [-0.15, -0.1) is 0 Å². The fraction of sp³-hybridized carbons (Fsp3) is 0.750. The number of rotatable bonds is 4. The zero-order chi connectivity index (χ0) is 7.56. The summed E-state index contributed by atoms with van der Waals surface area (Å²) < 4.78 is 10.4. The van der Waals surface area contributed by atoms with E-state index >= 15 is 0 Å². The van der Waals surface area contributed by atoms with Crippen LogP contribution in [0.25, 0.3) is 0 Å². The van der Waals surface area contributed by atoms with Gasteiger partial charge in [-0.2, -0.15) is 0 Å². The van der Waals surface area contributed by atoms with Crippen molar-refractivity contribution in [2.75, 3.05) is 13.2 Å². The summed E-state index contributed by atoms with van der Waals surface area (Å²) in [6.07, 6.45) is 0.533. The second-order valence-corrected chi connectivity index (χ2v) is 2.78. The van der Waals surface area contributed by atoms with Gasteiger partial charge in [-0.3, -0.25) is 0 Å². The molecule has 0 radical (unpaired) electrons. The van der Waals surface area contributed by atoms with E-state index in [-0.39, 0.29) is 6.10 Å². The largest absolute Gasteiger partial charge is 0.371 e. The van der Waals surface area contributed by atoms with Gasteiger partial charge in [0.1, 0.15) is 6.10 Å². The number of hydrogen-bond donors (Lipinski definition) is 0. The molecule has 1 aliphatic rings. The van der Waals surface area contributed by atoms with Crippen LogP contribution in [0.5, 0.6) is 0 Å². The van der Waals surface area contributed by atoms with Gasteiger partial charge in [-0.05, 0) is 13.8 Å². The second-order valence-electron chi connectivity index (χ2n) is 2.78. The molecule has 0 aromatic carbocycles. The van der Waals surface area contributed by atoms with Crippen molar-refractivity contribution >= 4 is 0 Å². The lowest BCUT2D eigenvalue weighted by atomic mass is 10.2. The molecule has 0 saturated carbocycles. The van der Waals surface area contributed by atoms with E-state index in [2.05, 4.69) is 6.58 Å². The summed E-state index contributed by atoms with van der Waals surface area (Å²) in [5.41, 5.74) is 1.07. The minimum atomic E-state index is 0.171. The van der Waals surface area contributed by atoms with E-state index in [1.165, 1.54) is 0 Å². The molecule has 0 bridgehead atoms. The van der Waals surface area contributed by atoms with Crippen LogP contribution in [-0.4, -0.2) is 25.4 Å². The van der Waals surface area contributed by atoms with E-state index in [9.17, 15) is 0 Å². The van der Waals surface area contributed by atoms with Gasteiger partial charge in [0.05, 0.1) is 19.3 Å². The molecule has 1 fully saturated rings. The Kier molecular flexibility index (Phi) is 2.46. The molecule has 58 valence electrons. The van der Waals surface area contributed by atoms with Crippen LogP contribution in [0.1, 0.15) is 13.8 Å². The third kappa shape index (κ3) is 2.50. The molecule has 1 rings (SSSR count). The maximum Gasteiger partial charge on any atom is 0.104 e. The summed E-state index contributed by atoms with van der Waals surface area (Å²) in [4.78, 5) is 0. The molecule has 1 saturated heterocycles. The van der Waals surface area contributed by atoms with E-state index < -0.39 is 0 Å². The van der Waals surface area contributed by atoms with Crippen molar-refractivity contribution in [3.8, 4) is 0 Å². The van der Waals surface area contributed by atoms with Crippen LogP contribution in [0.4, 0.5) is 0 Å². The highest BCUT2D eigenvalue weighted by Crippen LogP contribution is 2.11. The molecule has 0 N–H and O–H groups in total. The number of hydrogen-bond acceptors (Lipinski definition) is 2. The topological polar surface area (TPSA) is 21.8 Å². The Morgan fingerprint density at radius 2 is 2.50 bits per heavy atom. The summed E-state index contributed by atoms with van der Waals surface area (Å²) in [5, 5.41) is 0. The Bertz CT molecular complexity index is 127. The molecule has 2 atom stereocenters. The predicted molar refractivity (Wildman–Crippen MR) is 40.0 cm³/mol. The predicted octanol–water partition coefficient (Wildman–Crippen LogP) is 1.37. The Morgan fingerprint density at radius 1 is 1.90 bits per heavy atom. The molecule has 0 aromatic rings. The third-order valence-corrected chi connectivity index (χ3v) is 1.63. The molecule has 10 heavy (non-hydrogen) atoms. The highest BCUT2D eigenvalue weighted by Gasteiger charge is 2.23. The van der Waals surface area contributed by atoms with Crippen LogP contribution in [0.3, 0.4) is 0 Å². The van der Waals surface area contributed by atoms with Gasteiger partial charge in [-0.25, -0.2) is 0 Å². The standard InChI is InChI=1S/C8H14O2/c1-6(2)7(3)9-4-8-5-10-8/h7-8H,1,4-5H2,2-3H3. The highest BCUT2D eigenvalue weighted by molar-refractivity contribution is 4.95. The van der Waals surface area contributed by atoms with Gasteiger partial charge < -0.3 is 9.47 Å².